The van der Waals surface area contributed by atoms with Crippen molar-refractivity contribution in [2.75, 3.05) is 6.54 Å². The van der Waals surface area contributed by atoms with Crippen LogP contribution in [0, 0.1) is 24.2 Å². The molecule has 1 aromatic rings. The van der Waals surface area contributed by atoms with Gasteiger partial charge in [-0.3, -0.25) is 4.79 Å². The standard InChI is InChI=1S/C21H37NO3.C7H9NS.C2H6/c1-16(9-7-10-17(2)13-18(3)15-23)11-8-12-22-20(25)14-19(24)21(4,5)6;1-3-4-7-5-9-6(2)8-7;1-2/h7,9,11,15,17-19,24H,8,10,12-14H2,1-6H3,(H,22,25);3-5H,1-2H3;1-2H3/b9-7+,16-11-;4-3-;/t17?,18?,19-;;/m0../s1. The number of aliphatic hydroxyl groups is 1. The van der Waals surface area contributed by atoms with Gasteiger partial charge in [0.2, 0.25) is 5.91 Å². The highest BCUT2D eigenvalue weighted by molar-refractivity contribution is 7.09. The lowest BCUT2D eigenvalue weighted by Crippen LogP contribution is -2.34. The van der Waals surface area contributed by atoms with E-state index in [4.69, 9.17) is 0 Å². The van der Waals surface area contributed by atoms with E-state index >= 15 is 0 Å². The summed E-state index contributed by atoms with van der Waals surface area (Å²) in [5.41, 5.74) is 1.96. The number of rotatable bonds is 12. The van der Waals surface area contributed by atoms with Crippen LogP contribution in [0.3, 0.4) is 0 Å². The van der Waals surface area contributed by atoms with Crippen LogP contribution in [0.15, 0.2) is 35.3 Å². The maximum absolute atomic E-state index is 11.8. The number of aliphatic hydroxyl groups excluding tert-OH is 1. The lowest BCUT2D eigenvalue weighted by atomic mass is 9.87. The third kappa shape index (κ3) is 20.2. The van der Waals surface area contributed by atoms with E-state index in [0.29, 0.717) is 12.5 Å². The summed E-state index contributed by atoms with van der Waals surface area (Å²) in [7, 11) is 0. The molecule has 5 nitrogen and oxygen atoms in total. The smallest absolute Gasteiger partial charge is 0.222 e. The number of aryl methyl sites for hydroxylation is 1. The minimum absolute atomic E-state index is 0.109. The maximum Gasteiger partial charge on any atom is 0.222 e. The van der Waals surface area contributed by atoms with Crippen LogP contribution in [0.4, 0.5) is 0 Å². The van der Waals surface area contributed by atoms with E-state index in [1.165, 1.54) is 5.57 Å². The van der Waals surface area contributed by atoms with Crippen LogP contribution in [0.1, 0.15) is 98.7 Å². The van der Waals surface area contributed by atoms with E-state index in [1.807, 2.05) is 74.5 Å². The first-order valence-corrected chi connectivity index (χ1v) is 14.0. The molecule has 6 heteroatoms. The lowest BCUT2D eigenvalue weighted by Gasteiger charge is -2.25. The average molecular weight is 521 g/mol. The Morgan fingerprint density at radius 1 is 1.25 bits per heavy atom. The van der Waals surface area contributed by atoms with Crippen molar-refractivity contribution in [3.8, 4) is 0 Å². The highest BCUT2D eigenvalue weighted by Crippen LogP contribution is 2.21. The topological polar surface area (TPSA) is 79.3 Å². The summed E-state index contributed by atoms with van der Waals surface area (Å²) in [5, 5.41) is 15.9. The molecule has 1 aromatic heterocycles. The zero-order valence-electron chi connectivity index (χ0n) is 24.4. The fourth-order valence-corrected chi connectivity index (χ4v) is 3.61. The zero-order chi connectivity index (χ0) is 28.1. The van der Waals surface area contributed by atoms with Crippen molar-refractivity contribution >= 4 is 29.6 Å². The molecule has 0 spiro atoms. The van der Waals surface area contributed by atoms with Crippen LogP contribution in [-0.2, 0) is 9.59 Å². The van der Waals surface area contributed by atoms with E-state index in [-0.39, 0.29) is 23.7 Å². The van der Waals surface area contributed by atoms with Gasteiger partial charge in [0.05, 0.1) is 23.2 Å². The van der Waals surface area contributed by atoms with E-state index in [9.17, 15) is 14.7 Å². The average Bonchev–Trinajstić information content (AvgIpc) is 3.22. The van der Waals surface area contributed by atoms with Gasteiger partial charge in [-0.05, 0) is 57.4 Å². The van der Waals surface area contributed by atoms with Gasteiger partial charge < -0.3 is 15.2 Å². The third-order valence-corrected chi connectivity index (χ3v) is 6.00. The Bertz CT molecular complexity index is 803. The van der Waals surface area contributed by atoms with Crippen LogP contribution >= 0.6 is 11.3 Å². The first kappa shape index (κ1) is 36.1. The summed E-state index contributed by atoms with van der Waals surface area (Å²) in [6.07, 6.45) is 13.5. The predicted molar refractivity (Wildman–Crippen MR) is 157 cm³/mol. The van der Waals surface area contributed by atoms with Gasteiger partial charge in [0, 0.05) is 17.8 Å². The largest absolute Gasteiger partial charge is 0.392 e. The number of allylic oxidation sites excluding steroid dienone is 4. The van der Waals surface area contributed by atoms with E-state index in [2.05, 4.69) is 40.8 Å². The molecule has 1 heterocycles. The summed E-state index contributed by atoms with van der Waals surface area (Å²) in [6, 6.07) is 0. The van der Waals surface area contributed by atoms with Crippen molar-refractivity contribution in [3.63, 3.8) is 0 Å². The molecule has 0 saturated heterocycles. The highest BCUT2D eigenvalue weighted by atomic mass is 32.1. The molecular weight excluding hydrogens is 468 g/mol. The van der Waals surface area contributed by atoms with Crippen molar-refractivity contribution in [2.24, 2.45) is 17.3 Å². The molecule has 1 rings (SSSR count). The fourth-order valence-electron chi connectivity index (χ4n) is 3.03. The maximum atomic E-state index is 11.8. The summed E-state index contributed by atoms with van der Waals surface area (Å²) in [4.78, 5) is 26.7. The number of thiazole rings is 1. The SMILES string of the molecule is C/C=C\c1csc(C)n1.CC.CC(=C/CCNC(=O)C[C@H](O)C(C)(C)C)/C=C/CC(C)CC(C)C=O. The van der Waals surface area contributed by atoms with Gasteiger partial charge in [0.25, 0.3) is 0 Å². The Morgan fingerprint density at radius 2 is 1.89 bits per heavy atom. The molecule has 0 saturated carbocycles. The van der Waals surface area contributed by atoms with Crippen molar-refractivity contribution < 1.29 is 14.7 Å². The molecule has 0 fully saturated rings. The number of nitrogens with one attached hydrogen (secondary N) is 1. The van der Waals surface area contributed by atoms with E-state index < -0.39 is 6.10 Å². The highest BCUT2D eigenvalue weighted by Gasteiger charge is 2.24. The van der Waals surface area contributed by atoms with Gasteiger partial charge in [-0.25, -0.2) is 4.98 Å². The van der Waals surface area contributed by atoms with Gasteiger partial charge in [0.1, 0.15) is 6.29 Å². The minimum Gasteiger partial charge on any atom is -0.392 e. The molecule has 36 heavy (non-hydrogen) atoms. The second-order valence-electron chi connectivity index (χ2n) is 10.1. The first-order valence-electron chi connectivity index (χ1n) is 13.2. The second-order valence-corrected chi connectivity index (χ2v) is 11.1. The normalized spacial score (nSPS) is 14.4. The van der Waals surface area contributed by atoms with Crippen LogP contribution in [0.2, 0.25) is 0 Å². The zero-order valence-corrected chi connectivity index (χ0v) is 25.2. The molecule has 0 aliphatic rings. The van der Waals surface area contributed by atoms with Crippen molar-refractivity contribution in [3.05, 3.63) is 46.0 Å². The van der Waals surface area contributed by atoms with Crippen LogP contribution in [-0.4, -0.2) is 34.9 Å². The molecule has 0 bridgehead atoms. The number of nitrogens with zero attached hydrogens (tertiary/aromatic N) is 1. The van der Waals surface area contributed by atoms with Gasteiger partial charge in [-0.2, -0.15) is 0 Å². The first-order chi connectivity index (χ1) is 16.9. The Balaban J connectivity index is 0. The molecule has 0 aromatic carbocycles. The second kappa shape index (κ2) is 21.1. The molecule has 1 amide bonds. The van der Waals surface area contributed by atoms with Gasteiger partial charge >= 0.3 is 0 Å². The number of hydrogen-bond donors (Lipinski definition) is 2. The summed E-state index contributed by atoms with van der Waals surface area (Å²) in [5.74, 6) is 0.514. The number of carbonyl (C=O) groups excluding carboxylic acids is 2. The Hall–Kier alpha value is -2.05. The number of amides is 1. The number of aldehydes is 1. The summed E-state index contributed by atoms with van der Waals surface area (Å²) < 4.78 is 0. The number of carbonyl (C=O) groups is 2. The lowest BCUT2D eigenvalue weighted by molar-refractivity contribution is -0.124. The monoisotopic (exact) mass is 520 g/mol. The van der Waals surface area contributed by atoms with Crippen LogP contribution < -0.4 is 5.32 Å². The predicted octanol–water partition coefficient (Wildman–Crippen LogP) is 7.55. The van der Waals surface area contributed by atoms with Crippen molar-refractivity contribution in [1.82, 2.24) is 10.3 Å². The molecule has 0 radical (unpaired) electrons. The molecule has 0 aliphatic carbocycles. The Morgan fingerprint density at radius 3 is 2.39 bits per heavy atom. The van der Waals surface area contributed by atoms with Crippen molar-refractivity contribution in [2.45, 2.75) is 101 Å². The van der Waals surface area contributed by atoms with Crippen molar-refractivity contribution in [1.29, 1.82) is 0 Å². The molecule has 206 valence electrons. The van der Waals surface area contributed by atoms with E-state index in [1.54, 1.807) is 11.3 Å². The number of aromatic nitrogens is 1. The molecule has 3 atom stereocenters. The Labute approximate surface area is 225 Å². The molecule has 2 unspecified atom stereocenters. The summed E-state index contributed by atoms with van der Waals surface area (Å²) >= 11 is 1.68. The molecule has 2 N–H and O–H groups in total. The van der Waals surface area contributed by atoms with Crippen LogP contribution in [0.5, 0.6) is 0 Å². The van der Waals surface area contributed by atoms with E-state index in [0.717, 1.165) is 36.3 Å². The number of hydrogen-bond acceptors (Lipinski definition) is 5. The molecular formula is C30H52N2O3S. The van der Waals surface area contributed by atoms with Gasteiger partial charge in [-0.1, -0.05) is 78.3 Å². The minimum atomic E-state index is -0.628. The quantitative estimate of drug-likeness (QED) is 0.169. The molecule has 0 aliphatic heterocycles. The van der Waals surface area contributed by atoms with Gasteiger partial charge in [0.15, 0.2) is 0 Å². The fraction of sp³-hybridized carbons (Fsp3) is 0.633. The van der Waals surface area contributed by atoms with Crippen LogP contribution in [0.25, 0.3) is 6.08 Å². The van der Waals surface area contributed by atoms with Gasteiger partial charge in [-0.15, -0.1) is 11.3 Å². The third-order valence-electron chi connectivity index (χ3n) is 5.21. The summed E-state index contributed by atoms with van der Waals surface area (Å²) in [6.45, 7) is 20.5. The Kier molecular flexibility index (Phi) is 21.1.